The number of nitrogens with zero attached hydrogens (tertiary/aromatic N) is 2. The van der Waals surface area contributed by atoms with Gasteiger partial charge in [0.1, 0.15) is 5.69 Å². The van der Waals surface area contributed by atoms with Gasteiger partial charge in [-0.15, -0.1) is 0 Å². The van der Waals surface area contributed by atoms with Crippen LogP contribution in [0.2, 0.25) is 0 Å². The molecule has 1 aromatic heterocycles. The Bertz CT molecular complexity index is 780. The molecule has 2 amide bonds. The number of carbonyl (C=O) groups is 2. The highest BCUT2D eigenvalue weighted by atomic mass is 16.2. The van der Waals surface area contributed by atoms with Crippen molar-refractivity contribution in [1.29, 1.82) is 0 Å². The third kappa shape index (κ3) is 4.48. The van der Waals surface area contributed by atoms with E-state index in [2.05, 4.69) is 10.3 Å². The zero-order valence-electron chi connectivity index (χ0n) is 15.2. The van der Waals surface area contributed by atoms with Crippen LogP contribution in [0.1, 0.15) is 57.7 Å². The summed E-state index contributed by atoms with van der Waals surface area (Å²) in [5.41, 5.74) is 3.03. The molecule has 0 bridgehead atoms. The molecule has 5 heteroatoms. The fourth-order valence-corrected chi connectivity index (χ4v) is 3.21. The van der Waals surface area contributed by atoms with E-state index >= 15 is 0 Å². The molecule has 2 heterocycles. The van der Waals surface area contributed by atoms with Gasteiger partial charge in [-0.05, 0) is 43.0 Å². The molecule has 1 aliphatic rings. The number of aryl methyl sites for hydroxylation is 1. The summed E-state index contributed by atoms with van der Waals surface area (Å²) in [6.07, 6.45) is 5.93. The van der Waals surface area contributed by atoms with E-state index in [4.69, 9.17) is 0 Å². The monoisotopic (exact) mass is 351 g/mol. The molecule has 1 N–H and O–H groups in total. The summed E-state index contributed by atoms with van der Waals surface area (Å²) in [5, 5.41) is 2.92. The van der Waals surface area contributed by atoms with Crippen LogP contribution in [0.3, 0.4) is 0 Å². The second-order valence-corrected chi connectivity index (χ2v) is 6.75. The Labute approximate surface area is 154 Å². The Hall–Kier alpha value is -2.69. The third-order valence-electron chi connectivity index (χ3n) is 4.84. The summed E-state index contributed by atoms with van der Waals surface area (Å²) >= 11 is 0. The Morgan fingerprint density at radius 2 is 1.81 bits per heavy atom. The highest BCUT2D eigenvalue weighted by molar-refractivity contribution is 5.98. The van der Waals surface area contributed by atoms with Crippen molar-refractivity contribution in [1.82, 2.24) is 15.2 Å². The lowest BCUT2D eigenvalue weighted by Gasteiger charge is -2.19. The minimum atomic E-state index is -0.194. The first-order valence-electron chi connectivity index (χ1n) is 9.23. The van der Waals surface area contributed by atoms with Crippen molar-refractivity contribution in [3.05, 3.63) is 65.0 Å². The predicted molar refractivity (Wildman–Crippen MR) is 101 cm³/mol. The lowest BCUT2D eigenvalue weighted by molar-refractivity contribution is 0.0755. The largest absolute Gasteiger partial charge is 0.348 e. The molecule has 3 rings (SSSR count). The number of pyridine rings is 1. The Kier molecular flexibility index (Phi) is 6.00. The van der Waals surface area contributed by atoms with Gasteiger partial charge in [-0.3, -0.25) is 14.6 Å². The molecular weight excluding hydrogens is 326 g/mol. The lowest BCUT2D eigenvalue weighted by atomic mass is 10.1. The van der Waals surface area contributed by atoms with Crippen LogP contribution in [0.4, 0.5) is 0 Å². The molecule has 0 unspecified atom stereocenters. The zero-order chi connectivity index (χ0) is 18.4. The summed E-state index contributed by atoms with van der Waals surface area (Å²) in [4.78, 5) is 31.2. The number of hydrogen-bond acceptors (Lipinski definition) is 3. The van der Waals surface area contributed by atoms with E-state index in [1.165, 1.54) is 19.0 Å². The number of carbonyl (C=O) groups excluding carboxylic acids is 2. The topological polar surface area (TPSA) is 62.3 Å². The van der Waals surface area contributed by atoms with Gasteiger partial charge < -0.3 is 10.2 Å². The number of benzene rings is 1. The van der Waals surface area contributed by atoms with Gasteiger partial charge in [0, 0.05) is 31.4 Å². The lowest BCUT2D eigenvalue weighted by Crippen LogP contribution is -2.32. The first-order chi connectivity index (χ1) is 12.6. The summed E-state index contributed by atoms with van der Waals surface area (Å²) < 4.78 is 0. The van der Waals surface area contributed by atoms with Gasteiger partial charge in [0.05, 0.1) is 0 Å². The van der Waals surface area contributed by atoms with Gasteiger partial charge in [0.25, 0.3) is 11.8 Å². The van der Waals surface area contributed by atoms with Crippen molar-refractivity contribution in [2.45, 2.75) is 39.2 Å². The minimum Gasteiger partial charge on any atom is -0.348 e. The number of aromatic nitrogens is 1. The van der Waals surface area contributed by atoms with Crippen LogP contribution in [-0.4, -0.2) is 34.8 Å². The molecule has 5 nitrogen and oxygen atoms in total. The van der Waals surface area contributed by atoms with E-state index in [9.17, 15) is 9.59 Å². The van der Waals surface area contributed by atoms with Crippen LogP contribution in [-0.2, 0) is 6.54 Å². The highest BCUT2D eigenvalue weighted by Gasteiger charge is 2.19. The zero-order valence-corrected chi connectivity index (χ0v) is 15.2. The first kappa shape index (κ1) is 18.1. The van der Waals surface area contributed by atoms with Crippen LogP contribution in [0, 0.1) is 6.92 Å². The van der Waals surface area contributed by atoms with Crippen LogP contribution in [0.25, 0.3) is 0 Å². The fraction of sp³-hybridized carbons (Fsp3) is 0.381. The number of rotatable bonds is 4. The van der Waals surface area contributed by atoms with E-state index in [1.54, 1.807) is 12.1 Å². The molecule has 1 aromatic carbocycles. The minimum absolute atomic E-state index is 0.0829. The Morgan fingerprint density at radius 1 is 1.08 bits per heavy atom. The third-order valence-corrected chi connectivity index (χ3v) is 4.84. The molecule has 1 aliphatic heterocycles. The van der Waals surface area contributed by atoms with Crippen molar-refractivity contribution >= 4 is 11.8 Å². The molecule has 0 aliphatic carbocycles. The average Bonchev–Trinajstić information content (AvgIpc) is 2.96. The van der Waals surface area contributed by atoms with Gasteiger partial charge in [-0.25, -0.2) is 0 Å². The standard InChI is InChI=1S/C21H25N3O2/c1-16-8-4-5-9-18(16)15-23-20(25)17-10-11-22-19(14-17)21(26)24-12-6-2-3-7-13-24/h4-5,8-11,14H,2-3,6-7,12-13,15H2,1H3,(H,23,25). The maximum absolute atomic E-state index is 12.7. The molecule has 0 radical (unpaired) electrons. The van der Waals surface area contributed by atoms with E-state index < -0.39 is 0 Å². The number of likely N-dealkylation sites (tertiary alicyclic amines) is 1. The molecule has 1 saturated heterocycles. The molecule has 0 atom stereocenters. The van der Waals surface area contributed by atoms with Crippen molar-refractivity contribution in [3.8, 4) is 0 Å². The Balaban J connectivity index is 1.67. The van der Waals surface area contributed by atoms with Crippen molar-refractivity contribution in [2.75, 3.05) is 13.1 Å². The second-order valence-electron chi connectivity index (χ2n) is 6.75. The van der Waals surface area contributed by atoms with Crippen LogP contribution in [0.15, 0.2) is 42.6 Å². The molecule has 136 valence electrons. The number of nitrogens with one attached hydrogen (secondary N) is 1. The Morgan fingerprint density at radius 3 is 2.54 bits per heavy atom. The van der Waals surface area contributed by atoms with Crippen LogP contribution in [0.5, 0.6) is 0 Å². The summed E-state index contributed by atoms with van der Waals surface area (Å²) in [6.45, 7) is 4.02. The van der Waals surface area contributed by atoms with Gasteiger partial charge in [0.15, 0.2) is 0 Å². The average molecular weight is 351 g/mol. The van der Waals surface area contributed by atoms with E-state index in [0.29, 0.717) is 17.8 Å². The van der Waals surface area contributed by atoms with E-state index in [0.717, 1.165) is 37.1 Å². The predicted octanol–water partition coefficient (Wildman–Crippen LogP) is 3.34. The fourth-order valence-electron chi connectivity index (χ4n) is 3.21. The van der Waals surface area contributed by atoms with Crippen LogP contribution < -0.4 is 5.32 Å². The van der Waals surface area contributed by atoms with Crippen molar-refractivity contribution < 1.29 is 9.59 Å². The van der Waals surface area contributed by atoms with Crippen LogP contribution >= 0.6 is 0 Å². The highest BCUT2D eigenvalue weighted by Crippen LogP contribution is 2.13. The number of amides is 2. The SMILES string of the molecule is Cc1ccccc1CNC(=O)c1ccnc(C(=O)N2CCCCCC2)c1. The van der Waals surface area contributed by atoms with Gasteiger partial charge >= 0.3 is 0 Å². The molecule has 26 heavy (non-hydrogen) atoms. The molecule has 1 fully saturated rings. The first-order valence-corrected chi connectivity index (χ1v) is 9.23. The van der Waals surface area contributed by atoms with E-state index in [-0.39, 0.29) is 11.8 Å². The molecule has 0 saturated carbocycles. The van der Waals surface area contributed by atoms with Gasteiger partial charge in [-0.1, -0.05) is 37.1 Å². The maximum Gasteiger partial charge on any atom is 0.272 e. The van der Waals surface area contributed by atoms with Gasteiger partial charge in [0.2, 0.25) is 0 Å². The summed E-state index contributed by atoms with van der Waals surface area (Å²) in [6, 6.07) is 11.2. The summed E-state index contributed by atoms with van der Waals surface area (Å²) in [7, 11) is 0. The summed E-state index contributed by atoms with van der Waals surface area (Å²) in [5.74, 6) is -0.277. The maximum atomic E-state index is 12.7. The molecule has 0 spiro atoms. The normalized spacial score (nSPS) is 14.6. The smallest absolute Gasteiger partial charge is 0.272 e. The van der Waals surface area contributed by atoms with Crippen molar-refractivity contribution in [3.63, 3.8) is 0 Å². The van der Waals surface area contributed by atoms with E-state index in [1.807, 2.05) is 36.1 Å². The second kappa shape index (κ2) is 8.61. The quantitative estimate of drug-likeness (QED) is 0.919. The number of hydrogen-bond donors (Lipinski definition) is 1. The molecule has 2 aromatic rings. The van der Waals surface area contributed by atoms with Gasteiger partial charge in [-0.2, -0.15) is 0 Å². The van der Waals surface area contributed by atoms with Crippen molar-refractivity contribution in [2.24, 2.45) is 0 Å². The molecular formula is C21H25N3O2.